The lowest BCUT2D eigenvalue weighted by atomic mass is 9.95. The minimum atomic E-state index is 1.22. The Hall–Kier alpha value is -2.94. The predicted octanol–water partition coefficient (Wildman–Crippen LogP) is 9.42. The molecule has 0 saturated carbocycles. The molecule has 0 aliphatic carbocycles. The second-order valence-corrected chi connectivity index (χ2v) is 10.3. The fourth-order valence-corrected chi connectivity index (χ4v) is 6.42. The fraction of sp³-hybridized carbons (Fsp3) is 0.0667. The highest BCUT2D eigenvalue weighted by Crippen LogP contribution is 2.52. The molecular weight excluding hydrogens is 424 g/mol. The molecule has 0 fully saturated rings. The van der Waals surface area contributed by atoms with Crippen LogP contribution < -0.4 is 0 Å². The monoisotopic (exact) mass is 448 g/mol. The minimum Gasteiger partial charge on any atom is -0.0622 e. The van der Waals surface area contributed by atoms with E-state index in [0.29, 0.717) is 0 Å². The van der Waals surface area contributed by atoms with Gasteiger partial charge in [0.05, 0.1) is 0 Å². The van der Waals surface area contributed by atoms with Gasteiger partial charge in [0.15, 0.2) is 0 Å². The molecule has 32 heavy (non-hydrogen) atoms. The maximum Gasteiger partial charge on any atom is 0.0268 e. The van der Waals surface area contributed by atoms with E-state index in [4.69, 9.17) is 0 Å². The molecule has 0 nitrogen and oxygen atoms in total. The van der Waals surface area contributed by atoms with Gasteiger partial charge in [0, 0.05) is 9.79 Å². The van der Waals surface area contributed by atoms with Gasteiger partial charge >= 0.3 is 0 Å². The third-order valence-corrected chi connectivity index (χ3v) is 8.20. The summed E-state index contributed by atoms with van der Waals surface area (Å²) in [6.07, 6.45) is 8.87. The first-order valence-electron chi connectivity index (χ1n) is 10.8. The fourth-order valence-electron chi connectivity index (χ4n) is 3.90. The van der Waals surface area contributed by atoms with Crippen molar-refractivity contribution < 1.29 is 0 Å². The van der Waals surface area contributed by atoms with Crippen molar-refractivity contribution >= 4 is 45.9 Å². The zero-order valence-corrected chi connectivity index (χ0v) is 19.8. The van der Waals surface area contributed by atoms with E-state index >= 15 is 0 Å². The van der Waals surface area contributed by atoms with Crippen LogP contribution >= 0.6 is 21.6 Å². The minimum absolute atomic E-state index is 1.22. The van der Waals surface area contributed by atoms with Gasteiger partial charge < -0.3 is 0 Å². The third kappa shape index (κ3) is 4.48. The van der Waals surface area contributed by atoms with Crippen molar-refractivity contribution in [3.8, 4) is 11.1 Å². The first-order chi connectivity index (χ1) is 15.7. The van der Waals surface area contributed by atoms with Crippen LogP contribution in [-0.2, 0) is 0 Å². The van der Waals surface area contributed by atoms with Gasteiger partial charge in [-0.25, -0.2) is 0 Å². The van der Waals surface area contributed by atoms with Gasteiger partial charge in [-0.2, -0.15) is 0 Å². The molecule has 1 heterocycles. The van der Waals surface area contributed by atoms with Gasteiger partial charge in [-0.1, -0.05) is 107 Å². The highest BCUT2D eigenvalue weighted by atomic mass is 33.1. The van der Waals surface area contributed by atoms with E-state index in [2.05, 4.69) is 123 Å². The molecular formula is C30H24S2. The van der Waals surface area contributed by atoms with Gasteiger partial charge in [-0.3, -0.25) is 0 Å². The van der Waals surface area contributed by atoms with Crippen molar-refractivity contribution in [1.29, 1.82) is 0 Å². The van der Waals surface area contributed by atoms with Gasteiger partial charge in [0.25, 0.3) is 0 Å². The molecule has 0 spiro atoms. The van der Waals surface area contributed by atoms with E-state index in [1.54, 1.807) is 0 Å². The second-order valence-electron chi connectivity index (χ2n) is 8.06. The van der Waals surface area contributed by atoms with Crippen LogP contribution in [0.4, 0.5) is 0 Å². The molecule has 1 aliphatic heterocycles. The molecule has 0 unspecified atom stereocenters. The molecule has 5 rings (SSSR count). The maximum atomic E-state index is 2.36. The number of rotatable bonds is 4. The van der Waals surface area contributed by atoms with Gasteiger partial charge in [0.2, 0.25) is 0 Å². The molecule has 4 aromatic rings. The Morgan fingerprint density at radius 3 is 1.31 bits per heavy atom. The van der Waals surface area contributed by atoms with Crippen molar-refractivity contribution in [3.63, 3.8) is 0 Å². The SMILES string of the molecule is Cc1cc2c(cc1/C=C/c1ccccc1)-c1cc(/C=C/c3ccccc3)c(C)cc1SS2. The van der Waals surface area contributed by atoms with Crippen molar-refractivity contribution in [2.45, 2.75) is 23.6 Å². The second kappa shape index (κ2) is 9.28. The summed E-state index contributed by atoms with van der Waals surface area (Å²) < 4.78 is 0. The zero-order chi connectivity index (χ0) is 21.9. The Bertz CT molecular complexity index is 1210. The quantitative estimate of drug-likeness (QED) is 0.225. The number of benzene rings is 4. The van der Waals surface area contributed by atoms with Crippen molar-refractivity contribution in [2.75, 3.05) is 0 Å². The standard InChI is InChI=1S/C30H24S2/c1-21-17-29-27(19-25(21)15-13-23-9-5-3-6-10-23)28-20-26(22(2)18-30(28)32-31-29)16-14-24-11-7-4-8-12-24/h3-20H,1-2H3/b15-13+,16-14+. The molecule has 1 aliphatic rings. The van der Waals surface area contributed by atoms with Crippen LogP contribution in [0.1, 0.15) is 33.4 Å². The van der Waals surface area contributed by atoms with Crippen LogP contribution in [0, 0.1) is 13.8 Å². The largest absolute Gasteiger partial charge is 0.0622 e. The molecule has 4 aromatic carbocycles. The first kappa shape index (κ1) is 20.9. The Morgan fingerprint density at radius 2 is 0.906 bits per heavy atom. The van der Waals surface area contributed by atoms with E-state index in [-0.39, 0.29) is 0 Å². The summed E-state index contributed by atoms with van der Waals surface area (Å²) in [7, 11) is 3.74. The Kier molecular flexibility index (Phi) is 6.07. The van der Waals surface area contributed by atoms with E-state index in [1.807, 2.05) is 21.6 Å². The molecule has 0 saturated heterocycles. The summed E-state index contributed by atoms with van der Waals surface area (Å²) in [6, 6.07) is 30.4. The first-order valence-corrected chi connectivity index (χ1v) is 12.9. The maximum absolute atomic E-state index is 2.36. The Morgan fingerprint density at radius 1 is 0.500 bits per heavy atom. The van der Waals surface area contributed by atoms with E-state index < -0.39 is 0 Å². The van der Waals surface area contributed by atoms with Crippen molar-refractivity contribution in [2.24, 2.45) is 0 Å². The molecule has 156 valence electrons. The van der Waals surface area contributed by atoms with Gasteiger partial charge in [0.1, 0.15) is 0 Å². The highest BCUT2D eigenvalue weighted by molar-refractivity contribution is 8.76. The normalized spacial score (nSPS) is 12.8. The average Bonchev–Trinajstić information content (AvgIpc) is 2.83. The summed E-state index contributed by atoms with van der Waals surface area (Å²) >= 11 is 0. The Balaban J connectivity index is 1.54. The van der Waals surface area contributed by atoms with E-state index in [1.165, 1.54) is 54.3 Å². The van der Waals surface area contributed by atoms with Crippen LogP contribution in [0.15, 0.2) is 94.7 Å². The summed E-state index contributed by atoms with van der Waals surface area (Å²) in [5.41, 5.74) is 10.3. The molecule has 0 N–H and O–H groups in total. The average molecular weight is 449 g/mol. The highest BCUT2D eigenvalue weighted by Gasteiger charge is 2.20. The number of hydrogen-bond acceptors (Lipinski definition) is 2. The van der Waals surface area contributed by atoms with Crippen molar-refractivity contribution in [3.05, 3.63) is 118 Å². The number of aryl methyl sites for hydroxylation is 2. The number of hydrogen-bond donors (Lipinski definition) is 0. The number of fused-ring (bicyclic) bond motifs is 3. The Labute approximate surface area is 198 Å². The molecule has 0 radical (unpaired) electrons. The van der Waals surface area contributed by atoms with Gasteiger partial charge in [-0.05, 0) is 82.6 Å². The smallest absolute Gasteiger partial charge is 0.0268 e. The van der Waals surface area contributed by atoms with Crippen LogP contribution in [-0.4, -0.2) is 0 Å². The van der Waals surface area contributed by atoms with Crippen LogP contribution in [0.2, 0.25) is 0 Å². The van der Waals surface area contributed by atoms with E-state index in [0.717, 1.165) is 0 Å². The lowest BCUT2D eigenvalue weighted by Crippen LogP contribution is -1.95. The third-order valence-electron chi connectivity index (χ3n) is 5.76. The molecule has 0 bridgehead atoms. The van der Waals surface area contributed by atoms with Crippen molar-refractivity contribution in [1.82, 2.24) is 0 Å². The van der Waals surface area contributed by atoms with Crippen LogP contribution in [0.3, 0.4) is 0 Å². The molecule has 0 atom stereocenters. The predicted molar refractivity (Wildman–Crippen MR) is 144 cm³/mol. The molecule has 2 heteroatoms. The summed E-state index contributed by atoms with van der Waals surface area (Å²) in [5, 5.41) is 0. The summed E-state index contributed by atoms with van der Waals surface area (Å²) in [5.74, 6) is 0. The van der Waals surface area contributed by atoms with Crippen LogP contribution in [0.25, 0.3) is 35.4 Å². The molecule has 0 amide bonds. The summed E-state index contributed by atoms with van der Waals surface area (Å²) in [6.45, 7) is 4.41. The van der Waals surface area contributed by atoms with Gasteiger partial charge in [-0.15, -0.1) is 0 Å². The van der Waals surface area contributed by atoms with E-state index in [9.17, 15) is 0 Å². The zero-order valence-electron chi connectivity index (χ0n) is 18.2. The summed E-state index contributed by atoms with van der Waals surface area (Å²) in [4.78, 5) is 2.69. The van der Waals surface area contributed by atoms with Crippen LogP contribution in [0.5, 0.6) is 0 Å². The molecule has 0 aromatic heterocycles. The topological polar surface area (TPSA) is 0 Å². The lowest BCUT2D eigenvalue weighted by Gasteiger charge is -2.21. The lowest BCUT2D eigenvalue weighted by molar-refractivity contribution is 1.29.